The molecule has 0 aliphatic carbocycles. The molecule has 0 aromatic heterocycles. The second-order valence-electron chi connectivity index (χ2n) is 4.46. The Hall–Kier alpha value is -1.22. The second kappa shape index (κ2) is 14.2. The fourth-order valence-corrected chi connectivity index (χ4v) is 1.26. The number of hydrogen-bond donors (Lipinski definition) is 6. The topological polar surface area (TPSA) is 179 Å². The standard InChI is InChI=1S/2C6H14N2O2/c2*7-4-2-1-3-5(8)6(9)10/h2*5H,1-4,7-8H2,(H,9,10)/t2*5-/m10/s1. The Morgan fingerprint density at radius 2 is 1.05 bits per heavy atom. The van der Waals surface area contributed by atoms with E-state index in [2.05, 4.69) is 0 Å². The van der Waals surface area contributed by atoms with Crippen molar-refractivity contribution in [2.45, 2.75) is 50.6 Å². The van der Waals surface area contributed by atoms with Gasteiger partial charge in [0.1, 0.15) is 12.1 Å². The van der Waals surface area contributed by atoms with Gasteiger partial charge in [0.2, 0.25) is 0 Å². The van der Waals surface area contributed by atoms with Crippen molar-refractivity contribution in [3.63, 3.8) is 0 Å². The van der Waals surface area contributed by atoms with E-state index in [9.17, 15) is 9.59 Å². The maximum absolute atomic E-state index is 10.1. The van der Waals surface area contributed by atoms with Gasteiger partial charge in [-0.05, 0) is 38.8 Å². The van der Waals surface area contributed by atoms with Crippen molar-refractivity contribution in [3.8, 4) is 0 Å². The van der Waals surface area contributed by atoms with E-state index in [1.165, 1.54) is 0 Å². The van der Waals surface area contributed by atoms with Gasteiger partial charge in [-0.1, -0.05) is 12.8 Å². The van der Waals surface area contributed by atoms with Gasteiger partial charge >= 0.3 is 11.9 Å². The summed E-state index contributed by atoms with van der Waals surface area (Å²) in [4.78, 5) is 20.3. The van der Waals surface area contributed by atoms with Crippen molar-refractivity contribution in [2.24, 2.45) is 22.9 Å². The Morgan fingerprint density at radius 3 is 1.25 bits per heavy atom. The SMILES string of the molecule is NCCCC[C@@H](N)C(=O)O.NCCCC[C@H](N)C(=O)O. The first kappa shape index (κ1) is 21.1. The van der Waals surface area contributed by atoms with E-state index in [1.807, 2.05) is 0 Å². The van der Waals surface area contributed by atoms with Crippen LogP contribution in [-0.4, -0.2) is 47.3 Å². The molecule has 0 aliphatic rings. The number of nitrogens with two attached hydrogens (primary N) is 4. The summed E-state index contributed by atoms with van der Waals surface area (Å²) in [5, 5.41) is 16.7. The van der Waals surface area contributed by atoms with E-state index in [1.54, 1.807) is 0 Å². The third-order valence-corrected chi connectivity index (χ3v) is 2.57. The van der Waals surface area contributed by atoms with Gasteiger partial charge in [0.25, 0.3) is 0 Å². The number of carboxylic acid groups (broad SMARTS) is 2. The molecule has 0 aliphatic heterocycles. The van der Waals surface area contributed by atoms with Gasteiger partial charge in [-0.2, -0.15) is 0 Å². The van der Waals surface area contributed by atoms with Crippen LogP contribution in [0.2, 0.25) is 0 Å². The van der Waals surface area contributed by atoms with Gasteiger partial charge in [0.15, 0.2) is 0 Å². The summed E-state index contributed by atoms with van der Waals surface area (Å²) < 4.78 is 0. The molecule has 0 saturated carbocycles. The lowest BCUT2D eigenvalue weighted by Gasteiger charge is -2.03. The van der Waals surface area contributed by atoms with Crippen LogP contribution in [0.1, 0.15) is 38.5 Å². The van der Waals surface area contributed by atoms with Crippen LogP contribution >= 0.6 is 0 Å². The van der Waals surface area contributed by atoms with Gasteiger partial charge in [-0.3, -0.25) is 9.59 Å². The zero-order chi connectivity index (χ0) is 16.0. The average molecular weight is 292 g/mol. The van der Waals surface area contributed by atoms with Crippen LogP contribution in [0.5, 0.6) is 0 Å². The second-order valence-corrected chi connectivity index (χ2v) is 4.46. The molecule has 0 radical (unpaired) electrons. The number of unbranched alkanes of at least 4 members (excludes halogenated alkanes) is 2. The predicted molar refractivity (Wildman–Crippen MR) is 77.0 cm³/mol. The molecule has 0 aromatic carbocycles. The van der Waals surface area contributed by atoms with Crippen molar-refractivity contribution >= 4 is 11.9 Å². The predicted octanol–water partition coefficient (Wildman–Crippen LogP) is -0.945. The van der Waals surface area contributed by atoms with E-state index in [4.69, 9.17) is 33.1 Å². The minimum absolute atomic E-state index is 0.520. The van der Waals surface area contributed by atoms with E-state index < -0.39 is 24.0 Å². The molecule has 0 spiro atoms. The summed E-state index contributed by atoms with van der Waals surface area (Å²) in [6.07, 6.45) is 4.33. The lowest BCUT2D eigenvalue weighted by atomic mass is 10.1. The maximum atomic E-state index is 10.1. The van der Waals surface area contributed by atoms with Gasteiger partial charge in [0, 0.05) is 0 Å². The zero-order valence-electron chi connectivity index (χ0n) is 11.8. The first-order valence-electron chi connectivity index (χ1n) is 6.73. The van der Waals surface area contributed by atoms with Crippen molar-refractivity contribution in [1.82, 2.24) is 0 Å². The summed E-state index contributed by atoms with van der Waals surface area (Å²) in [6, 6.07) is -1.43. The maximum Gasteiger partial charge on any atom is 0.320 e. The van der Waals surface area contributed by atoms with Crippen LogP contribution in [0.3, 0.4) is 0 Å². The number of aliphatic carboxylic acids is 2. The van der Waals surface area contributed by atoms with Crippen molar-refractivity contribution < 1.29 is 19.8 Å². The number of carbonyl (C=O) groups is 2. The fourth-order valence-electron chi connectivity index (χ4n) is 1.26. The van der Waals surface area contributed by atoms with Crippen LogP contribution in [0.4, 0.5) is 0 Å². The van der Waals surface area contributed by atoms with E-state index >= 15 is 0 Å². The molecule has 8 nitrogen and oxygen atoms in total. The fraction of sp³-hybridized carbons (Fsp3) is 0.833. The Labute approximate surface area is 119 Å². The first-order valence-corrected chi connectivity index (χ1v) is 6.73. The summed E-state index contributed by atoms with van der Waals surface area (Å²) in [5.41, 5.74) is 20.8. The highest BCUT2D eigenvalue weighted by Gasteiger charge is 2.09. The van der Waals surface area contributed by atoms with Crippen LogP contribution < -0.4 is 22.9 Å². The molecular formula is C12H28N4O4. The molecule has 120 valence electrons. The molecule has 0 saturated heterocycles. The minimum Gasteiger partial charge on any atom is -0.480 e. The van der Waals surface area contributed by atoms with Gasteiger partial charge in [0.05, 0.1) is 0 Å². The third-order valence-electron chi connectivity index (χ3n) is 2.57. The summed E-state index contributed by atoms with van der Waals surface area (Å²) in [7, 11) is 0. The Balaban J connectivity index is 0. The smallest absolute Gasteiger partial charge is 0.320 e. The van der Waals surface area contributed by atoms with Crippen LogP contribution in [0, 0.1) is 0 Å². The monoisotopic (exact) mass is 292 g/mol. The van der Waals surface area contributed by atoms with Crippen LogP contribution in [0.15, 0.2) is 0 Å². The van der Waals surface area contributed by atoms with Gasteiger partial charge in [-0.15, -0.1) is 0 Å². The lowest BCUT2D eigenvalue weighted by Crippen LogP contribution is -2.29. The molecule has 0 rings (SSSR count). The van der Waals surface area contributed by atoms with Crippen molar-refractivity contribution in [2.75, 3.05) is 13.1 Å². The zero-order valence-corrected chi connectivity index (χ0v) is 11.8. The highest BCUT2D eigenvalue weighted by Crippen LogP contribution is 1.97. The van der Waals surface area contributed by atoms with Crippen LogP contribution in [-0.2, 0) is 9.59 Å². The molecule has 0 unspecified atom stereocenters. The molecule has 2 atom stereocenters. The first-order chi connectivity index (χ1) is 9.36. The molecule has 10 N–H and O–H groups in total. The largest absolute Gasteiger partial charge is 0.480 e. The van der Waals surface area contributed by atoms with Gasteiger partial charge in [-0.25, -0.2) is 0 Å². The molecular weight excluding hydrogens is 264 g/mol. The van der Waals surface area contributed by atoms with Crippen LogP contribution in [0.25, 0.3) is 0 Å². The Morgan fingerprint density at radius 1 is 0.750 bits per heavy atom. The highest BCUT2D eigenvalue weighted by molar-refractivity contribution is 5.73. The summed E-state index contributed by atoms with van der Waals surface area (Å²) in [6.45, 7) is 1.21. The van der Waals surface area contributed by atoms with E-state index in [0.29, 0.717) is 25.9 Å². The molecule has 0 heterocycles. The molecule has 20 heavy (non-hydrogen) atoms. The Kier molecular flexibility index (Phi) is 15.0. The molecule has 0 fully saturated rings. The minimum atomic E-state index is -0.933. The van der Waals surface area contributed by atoms with Crippen molar-refractivity contribution in [3.05, 3.63) is 0 Å². The molecule has 8 heteroatoms. The summed E-state index contributed by atoms with van der Waals surface area (Å²) >= 11 is 0. The molecule has 0 bridgehead atoms. The van der Waals surface area contributed by atoms with E-state index in [-0.39, 0.29) is 0 Å². The normalized spacial score (nSPS) is 13.0. The quantitative estimate of drug-likeness (QED) is 0.279. The number of rotatable bonds is 10. The lowest BCUT2D eigenvalue weighted by molar-refractivity contribution is -0.139. The van der Waals surface area contributed by atoms with Crippen molar-refractivity contribution in [1.29, 1.82) is 0 Å². The van der Waals surface area contributed by atoms with E-state index in [0.717, 1.165) is 25.7 Å². The van der Waals surface area contributed by atoms with Gasteiger partial charge < -0.3 is 33.1 Å². The molecule has 0 aromatic rings. The molecule has 0 amide bonds. The summed E-state index contributed by atoms with van der Waals surface area (Å²) in [5.74, 6) is -1.87. The number of hydrogen-bond acceptors (Lipinski definition) is 6. The Bertz CT molecular complexity index is 238. The highest BCUT2D eigenvalue weighted by atomic mass is 16.4. The third kappa shape index (κ3) is 14.8. The number of carboxylic acids is 2. The average Bonchev–Trinajstić information content (AvgIpc) is 2.39.